The lowest BCUT2D eigenvalue weighted by Gasteiger charge is -2.05. The highest BCUT2D eigenvalue weighted by atomic mass is 32.1. The molecule has 0 aliphatic carbocycles. The number of anilines is 1. The van der Waals surface area contributed by atoms with Crippen molar-refractivity contribution in [1.82, 2.24) is 10.3 Å². The normalized spacial score (nSPS) is 9.95. The molecule has 2 rings (SSSR count). The Labute approximate surface area is 112 Å². The molecule has 0 saturated carbocycles. The maximum atomic E-state index is 12.9. The van der Waals surface area contributed by atoms with Crippen LogP contribution in [-0.2, 0) is 4.79 Å². The summed E-state index contributed by atoms with van der Waals surface area (Å²) in [4.78, 5) is 27.0. The number of thiazole rings is 1. The largest absolute Gasteiger partial charge is 0.343 e. The van der Waals surface area contributed by atoms with Gasteiger partial charge in [-0.05, 0) is 18.2 Å². The molecular formula is C12H10FN3O2S. The zero-order valence-electron chi connectivity index (χ0n) is 9.72. The highest BCUT2D eigenvalue weighted by Gasteiger charge is 2.09. The van der Waals surface area contributed by atoms with Crippen LogP contribution in [0, 0.1) is 5.82 Å². The molecule has 0 aliphatic heterocycles. The van der Waals surface area contributed by atoms with Gasteiger partial charge in [-0.1, -0.05) is 6.07 Å². The van der Waals surface area contributed by atoms with Crippen LogP contribution in [0.2, 0.25) is 0 Å². The van der Waals surface area contributed by atoms with Crippen LogP contribution in [0.3, 0.4) is 0 Å². The molecule has 7 heteroatoms. The zero-order valence-corrected chi connectivity index (χ0v) is 10.5. The fourth-order valence-electron chi connectivity index (χ4n) is 1.34. The van der Waals surface area contributed by atoms with Gasteiger partial charge in [0.2, 0.25) is 5.91 Å². The summed E-state index contributed by atoms with van der Waals surface area (Å²) in [6, 6.07) is 5.25. The number of nitrogens with one attached hydrogen (secondary N) is 2. The predicted molar refractivity (Wildman–Crippen MR) is 69.5 cm³/mol. The standard InChI is InChI=1S/C12H10FN3O2S/c13-9-3-1-2-8(6-9)11(18)15-7-10(17)16-12-14-4-5-19-12/h1-6H,7H2,(H,15,18)(H,14,16,17). The Balaban J connectivity index is 1.85. The van der Waals surface area contributed by atoms with Gasteiger partial charge >= 0.3 is 0 Å². The van der Waals surface area contributed by atoms with Crippen molar-refractivity contribution >= 4 is 28.3 Å². The lowest BCUT2D eigenvalue weighted by atomic mass is 10.2. The van der Waals surface area contributed by atoms with Crippen LogP contribution in [0.25, 0.3) is 0 Å². The van der Waals surface area contributed by atoms with Crippen LogP contribution in [0.5, 0.6) is 0 Å². The third kappa shape index (κ3) is 3.85. The summed E-state index contributed by atoms with van der Waals surface area (Å²) in [7, 11) is 0. The van der Waals surface area contributed by atoms with Crippen molar-refractivity contribution < 1.29 is 14.0 Å². The Bertz CT molecular complexity index is 586. The smallest absolute Gasteiger partial charge is 0.251 e. The summed E-state index contributed by atoms with van der Waals surface area (Å²) in [5.41, 5.74) is 0.169. The Morgan fingerprint density at radius 1 is 1.37 bits per heavy atom. The fraction of sp³-hybridized carbons (Fsp3) is 0.0833. The Morgan fingerprint density at radius 2 is 2.21 bits per heavy atom. The van der Waals surface area contributed by atoms with E-state index in [4.69, 9.17) is 0 Å². The monoisotopic (exact) mass is 279 g/mol. The maximum Gasteiger partial charge on any atom is 0.251 e. The SMILES string of the molecule is O=C(CNC(=O)c1cccc(F)c1)Nc1nccs1. The quantitative estimate of drug-likeness (QED) is 0.894. The van der Waals surface area contributed by atoms with E-state index >= 15 is 0 Å². The molecule has 2 aromatic rings. The van der Waals surface area contributed by atoms with Crippen LogP contribution in [0.15, 0.2) is 35.8 Å². The number of benzene rings is 1. The molecule has 1 heterocycles. The molecule has 0 unspecified atom stereocenters. The van der Waals surface area contributed by atoms with Gasteiger partial charge in [0.1, 0.15) is 5.82 Å². The maximum absolute atomic E-state index is 12.9. The first kappa shape index (κ1) is 13.2. The summed E-state index contributed by atoms with van der Waals surface area (Å²) in [6.07, 6.45) is 1.56. The van der Waals surface area contributed by atoms with Crippen molar-refractivity contribution in [2.24, 2.45) is 0 Å². The van der Waals surface area contributed by atoms with Gasteiger partial charge in [0.15, 0.2) is 5.13 Å². The first-order valence-corrected chi connectivity index (χ1v) is 6.26. The average Bonchev–Trinajstić information content (AvgIpc) is 2.88. The fourth-order valence-corrected chi connectivity index (χ4v) is 1.89. The van der Waals surface area contributed by atoms with E-state index in [9.17, 15) is 14.0 Å². The number of hydrogen-bond donors (Lipinski definition) is 2. The molecule has 2 N–H and O–H groups in total. The van der Waals surface area contributed by atoms with Crippen LogP contribution in [0.4, 0.5) is 9.52 Å². The number of nitrogens with zero attached hydrogens (tertiary/aromatic N) is 1. The van der Waals surface area contributed by atoms with E-state index in [1.165, 1.54) is 29.5 Å². The van der Waals surface area contributed by atoms with Crippen molar-refractivity contribution in [1.29, 1.82) is 0 Å². The molecule has 0 bridgehead atoms. The summed E-state index contributed by atoms with van der Waals surface area (Å²) >= 11 is 1.28. The molecule has 19 heavy (non-hydrogen) atoms. The minimum absolute atomic E-state index is 0.169. The molecule has 0 fully saturated rings. The Morgan fingerprint density at radius 3 is 2.89 bits per heavy atom. The first-order chi connectivity index (χ1) is 9.15. The van der Waals surface area contributed by atoms with Gasteiger partial charge < -0.3 is 10.6 Å². The predicted octanol–water partition coefficient (Wildman–Crippen LogP) is 1.65. The van der Waals surface area contributed by atoms with Crippen molar-refractivity contribution in [2.75, 3.05) is 11.9 Å². The van der Waals surface area contributed by atoms with Gasteiger partial charge in [-0.3, -0.25) is 9.59 Å². The second kappa shape index (κ2) is 6.05. The minimum Gasteiger partial charge on any atom is -0.343 e. The van der Waals surface area contributed by atoms with E-state index in [2.05, 4.69) is 15.6 Å². The number of rotatable bonds is 4. The van der Waals surface area contributed by atoms with Crippen LogP contribution in [-0.4, -0.2) is 23.3 Å². The van der Waals surface area contributed by atoms with E-state index in [1.54, 1.807) is 11.6 Å². The molecular weight excluding hydrogens is 269 g/mol. The Kier molecular flexibility index (Phi) is 4.19. The van der Waals surface area contributed by atoms with Crippen LogP contribution >= 0.6 is 11.3 Å². The van der Waals surface area contributed by atoms with Crippen LogP contribution in [0.1, 0.15) is 10.4 Å². The summed E-state index contributed by atoms with van der Waals surface area (Å²) in [5, 5.41) is 7.10. The highest BCUT2D eigenvalue weighted by Crippen LogP contribution is 2.09. The number of halogens is 1. The van der Waals surface area contributed by atoms with Crippen molar-refractivity contribution in [3.8, 4) is 0 Å². The van der Waals surface area contributed by atoms with Gasteiger partial charge in [0.05, 0.1) is 6.54 Å². The molecule has 1 aromatic heterocycles. The molecule has 98 valence electrons. The topological polar surface area (TPSA) is 71.1 Å². The summed E-state index contributed by atoms with van der Waals surface area (Å²) in [5.74, 6) is -1.40. The summed E-state index contributed by atoms with van der Waals surface area (Å²) in [6.45, 7) is -0.199. The van der Waals surface area contributed by atoms with Gasteiger partial charge in [-0.15, -0.1) is 11.3 Å². The lowest BCUT2D eigenvalue weighted by Crippen LogP contribution is -2.32. The number of carbonyl (C=O) groups is 2. The molecule has 0 saturated heterocycles. The molecule has 2 amide bonds. The van der Waals surface area contributed by atoms with Crippen molar-refractivity contribution in [3.05, 3.63) is 47.2 Å². The molecule has 0 spiro atoms. The van der Waals surface area contributed by atoms with Crippen molar-refractivity contribution in [3.63, 3.8) is 0 Å². The molecule has 1 aromatic carbocycles. The molecule has 5 nitrogen and oxygen atoms in total. The zero-order chi connectivity index (χ0) is 13.7. The van der Waals surface area contributed by atoms with E-state index in [0.29, 0.717) is 5.13 Å². The van der Waals surface area contributed by atoms with Gasteiger partial charge in [0.25, 0.3) is 5.91 Å². The third-order valence-corrected chi connectivity index (χ3v) is 2.86. The number of aromatic nitrogens is 1. The van der Waals surface area contributed by atoms with Gasteiger partial charge in [0, 0.05) is 17.1 Å². The van der Waals surface area contributed by atoms with Crippen molar-refractivity contribution in [2.45, 2.75) is 0 Å². The summed E-state index contributed by atoms with van der Waals surface area (Å²) < 4.78 is 12.9. The number of carbonyl (C=O) groups excluding carboxylic acids is 2. The minimum atomic E-state index is -0.506. The van der Waals surface area contributed by atoms with Gasteiger partial charge in [-0.2, -0.15) is 0 Å². The average molecular weight is 279 g/mol. The molecule has 0 aliphatic rings. The first-order valence-electron chi connectivity index (χ1n) is 5.38. The number of amides is 2. The second-order valence-electron chi connectivity index (χ2n) is 3.58. The van der Waals surface area contributed by atoms with E-state index < -0.39 is 11.7 Å². The Hall–Kier alpha value is -2.28. The van der Waals surface area contributed by atoms with Gasteiger partial charge in [-0.25, -0.2) is 9.37 Å². The van der Waals surface area contributed by atoms with Crippen LogP contribution < -0.4 is 10.6 Å². The number of hydrogen-bond acceptors (Lipinski definition) is 4. The van der Waals surface area contributed by atoms with E-state index in [1.807, 2.05) is 0 Å². The second-order valence-corrected chi connectivity index (χ2v) is 4.47. The van der Waals surface area contributed by atoms with E-state index in [0.717, 1.165) is 6.07 Å². The highest BCUT2D eigenvalue weighted by molar-refractivity contribution is 7.13. The lowest BCUT2D eigenvalue weighted by molar-refractivity contribution is -0.115. The molecule has 0 radical (unpaired) electrons. The van der Waals surface area contributed by atoms with E-state index in [-0.39, 0.29) is 18.0 Å². The molecule has 0 atom stereocenters. The third-order valence-electron chi connectivity index (χ3n) is 2.17.